The molecule has 0 atom stereocenters. The zero-order valence-corrected chi connectivity index (χ0v) is 24.6. The number of benzene rings is 2. The second-order valence-electron chi connectivity index (χ2n) is 12.3. The van der Waals surface area contributed by atoms with Crippen LogP contribution in [0.25, 0.3) is 5.57 Å². The third kappa shape index (κ3) is 5.02. The van der Waals surface area contributed by atoms with Gasteiger partial charge >= 0.3 is 0 Å². The molecule has 0 unspecified atom stereocenters. The van der Waals surface area contributed by atoms with Crippen molar-refractivity contribution in [1.29, 1.82) is 0 Å². The van der Waals surface area contributed by atoms with Gasteiger partial charge in [0.15, 0.2) is 12.3 Å². The minimum absolute atomic E-state index is 0.00487. The molecule has 4 aliphatic rings. The van der Waals surface area contributed by atoms with E-state index >= 15 is 0 Å². The van der Waals surface area contributed by atoms with E-state index in [9.17, 15) is 9.90 Å². The molecule has 2 aromatic carbocycles. The summed E-state index contributed by atoms with van der Waals surface area (Å²) in [5, 5.41) is 11.7. The Labute approximate surface area is 249 Å². The first kappa shape index (κ1) is 26.9. The second-order valence-corrected chi connectivity index (χ2v) is 12.3. The Bertz CT molecular complexity index is 1630. The van der Waals surface area contributed by atoms with Crippen LogP contribution in [-0.4, -0.2) is 32.3 Å². The molecule has 3 aliphatic carbocycles. The van der Waals surface area contributed by atoms with Crippen LogP contribution >= 0.6 is 0 Å². The maximum absolute atomic E-state index is 14.1. The lowest BCUT2D eigenvalue weighted by atomic mass is 9.84. The predicted molar refractivity (Wildman–Crippen MR) is 169 cm³/mol. The summed E-state index contributed by atoms with van der Waals surface area (Å²) in [5.74, 6) is 0.178. The molecule has 214 valence electrons. The van der Waals surface area contributed by atoms with Crippen LogP contribution in [0.3, 0.4) is 0 Å². The Balaban J connectivity index is 1.27. The quantitative estimate of drug-likeness (QED) is 0.184. The molecular weight excluding hydrogens is 516 g/mol. The topological polar surface area (TPSA) is 45.2 Å². The number of Topliss-reactive ketones (excluding diaryl/α,β-unsaturated/α-hetero) is 1. The second kappa shape index (κ2) is 11.8. The molecule has 7 rings (SSSR count). The molecule has 1 N–H and O–H groups in total. The fraction of sp³-hybridized carbons (Fsp3) is 0.368. The largest absolute Gasteiger partial charge is 0.506 e. The zero-order valence-electron chi connectivity index (χ0n) is 24.6. The van der Waals surface area contributed by atoms with Gasteiger partial charge in [0.05, 0.1) is 11.3 Å². The van der Waals surface area contributed by atoms with Gasteiger partial charge < -0.3 is 9.67 Å². The maximum atomic E-state index is 14.1. The zero-order chi connectivity index (χ0) is 28.5. The van der Waals surface area contributed by atoms with Crippen LogP contribution in [0.1, 0.15) is 79.4 Å². The number of aliphatic hydroxyl groups is 1. The van der Waals surface area contributed by atoms with Gasteiger partial charge in [0.2, 0.25) is 11.5 Å². The van der Waals surface area contributed by atoms with E-state index in [2.05, 4.69) is 81.9 Å². The number of fused-ring (bicyclic) bond motifs is 2. The number of hydrogen-bond acceptors (Lipinski definition) is 2. The van der Waals surface area contributed by atoms with Crippen molar-refractivity contribution in [3.8, 4) is 0 Å². The lowest BCUT2D eigenvalue weighted by molar-refractivity contribution is -0.469. The van der Waals surface area contributed by atoms with Crippen LogP contribution in [-0.2, 0) is 37.0 Å². The van der Waals surface area contributed by atoms with Crippen LogP contribution in [0.4, 0.5) is 0 Å². The average molecular weight is 558 g/mol. The molecule has 0 spiro atoms. The summed E-state index contributed by atoms with van der Waals surface area (Å²) in [4.78, 5) is 14.1. The smallest absolute Gasteiger partial charge is 0.221 e. The van der Waals surface area contributed by atoms with Gasteiger partial charge in [0, 0.05) is 36.7 Å². The molecule has 4 heteroatoms. The molecule has 1 aliphatic heterocycles. The van der Waals surface area contributed by atoms with Gasteiger partial charge in [0.25, 0.3) is 0 Å². The molecule has 4 nitrogen and oxygen atoms in total. The van der Waals surface area contributed by atoms with Crippen LogP contribution < -0.4 is 0 Å². The summed E-state index contributed by atoms with van der Waals surface area (Å²) < 4.78 is 4.72. The fourth-order valence-corrected chi connectivity index (χ4v) is 7.46. The molecule has 0 radical (unpaired) electrons. The number of nitrogens with zero attached hydrogens (tertiary/aromatic N) is 2. The minimum atomic E-state index is -0.00487. The Morgan fingerprint density at radius 2 is 1.40 bits per heavy atom. The molecule has 1 saturated carbocycles. The SMILES string of the molecule is O=C1C(c2cc3c(n2CCc2ccccc2)CCCCC3)=C(O)/C1=C1\C=C2CCCCCC2=[N+]1CCc1ccccc1. The Hall–Kier alpha value is -3.92. The van der Waals surface area contributed by atoms with Crippen molar-refractivity contribution in [2.45, 2.75) is 83.6 Å². The summed E-state index contributed by atoms with van der Waals surface area (Å²) in [5.41, 5.74) is 10.9. The monoisotopic (exact) mass is 557 g/mol. The van der Waals surface area contributed by atoms with Gasteiger partial charge in [-0.1, -0.05) is 73.5 Å². The molecule has 42 heavy (non-hydrogen) atoms. The summed E-state index contributed by atoms with van der Waals surface area (Å²) >= 11 is 0. The third-order valence-electron chi connectivity index (χ3n) is 9.69. The molecule has 0 bridgehead atoms. The van der Waals surface area contributed by atoms with Crippen molar-refractivity contribution >= 4 is 17.1 Å². The van der Waals surface area contributed by atoms with Crippen LogP contribution in [0.15, 0.2) is 95.4 Å². The third-order valence-corrected chi connectivity index (χ3v) is 9.69. The van der Waals surface area contributed by atoms with Gasteiger partial charge in [-0.05, 0) is 74.1 Å². The van der Waals surface area contributed by atoms with Crippen LogP contribution in [0.2, 0.25) is 0 Å². The number of rotatable bonds is 7. The van der Waals surface area contributed by atoms with E-state index in [-0.39, 0.29) is 11.5 Å². The van der Waals surface area contributed by atoms with E-state index in [0.717, 1.165) is 63.0 Å². The predicted octanol–water partition coefficient (Wildman–Crippen LogP) is 7.71. The van der Waals surface area contributed by atoms with E-state index in [0.29, 0.717) is 11.1 Å². The van der Waals surface area contributed by atoms with Gasteiger partial charge in [0.1, 0.15) is 11.3 Å². The first-order valence-corrected chi connectivity index (χ1v) is 16.1. The van der Waals surface area contributed by atoms with Gasteiger partial charge in [-0.15, -0.1) is 0 Å². The highest BCUT2D eigenvalue weighted by Crippen LogP contribution is 2.42. The summed E-state index contributed by atoms with van der Waals surface area (Å²) in [6.45, 7) is 1.63. The average Bonchev–Trinajstić information content (AvgIpc) is 3.27. The number of aliphatic hydroxyl groups excluding tert-OH is 1. The van der Waals surface area contributed by atoms with Crippen molar-refractivity contribution in [3.05, 3.63) is 123 Å². The lowest BCUT2D eigenvalue weighted by Crippen LogP contribution is -2.29. The summed E-state index contributed by atoms with van der Waals surface area (Å²) in [7, 11) is 0. The van der Waals surface area contributed by atoms with Gasteiger partial charge in [-0.2, -0.15) is 4.58 Å². The van der Waals surface area contributed by atoms with Gasteiger partial charge in [-0.25, -0.2) is 0 Å². The van der Waals surface area contributed by atoms with E-state index in [1.165, 1.54) is 72.2 Å². The van der Waals surface area contributed by atoms with Crippen molar-refractivity contribution in [2.24, 2.45) is 0 Å². The van der Waals surface area contributed by atoms with Gasteiger partial charge in [-0.3, -0.25) is 4.79 Å². The molecule has 2 heterocycles. The Morgan fingerprint density at radius 3 is 2.14 bits per heavy atom. The first-order chi connectivity index (χ1) is 20.7. The molecule has 0 amide bonds. The molecule has 3 aromatic rings. The highest BCUT2D eigenvalue weighted by Gasteiger charge is 2.45. The van der Waals surface area contributed by atoms with E-state index in [1.54, 1.807) is 0 Å². The highest BCUT2D eigenvalue weighted by molar-refractivity contribution is 6.39. The fourth-order valence-electron chi connectivity index (χ4n) is 7.46. The molecule has 1 aromatic heterocycles. The van der Waals surface area contributed by atoms with Crippen molar-refractivity contribution in [3.63, 3.8) is 0 Å². The van der Waals surface area contributed by atoms with Crippen molar-refractivity contribution in [2.75, 3.05) is 6.54 Å². The van der Waals surface area contributed by atoms with Crippen LogP contribution in [0, 0.1) is 0 Å². The maximum Gasteiger partial charge on any atom is 0.221 e. The number of carbonyl (C=O) groups is 1. The summed E-state index contributed by atoms with van der Waals surface area (Å²) in [6.07, 6.45) is 15.4. The standard InChI is InChI=1S/C38H40N2O2/c41-37-35(33-25-29-17-9-3-11-19-31(29)39(33)23-21-27-13-5-1-6-14-27)38(42)36(37)34-26-30-18-10-4-12-20-32(30)40(34)24-22-28-15-7-2-8-16-28/h1-2,5-8,13-16,25-26H,3-4,9-12,17-24H2/p+1. The van der Waals surface area contributed by atoms with Crippen molar-refractivity contribution in [1.82, 2.24) is 4.57 Å². The Kier molecular flexibility index (Phi) is 7.54. The van der Waals surface area contributed by atoms with Crippen LogP contribution in [0.5, 0.6) is 0 Å². The summed E-state index contributed by atoms with van der Waals surface area (Å²) in [6, 6.07) is 23.4. The normalized spacial score (nSPS) is 20.6. The van der Waals surface area contributed by atoms with E-state index in [4.69, 9.17) is 0 Å². The number of aromatic nitrogens is 1. The number of hydrogen-bond donors (Lipinski definition) is 1. The number of allylic oxidation sites excluding steroid dienone is 4. The van der Waals surface area contributed by atoms with E-state index in [1.807, 2.05) is 0 Å². The lowest BCUT2D eigenvalue weighted by Gasteiger charge is -2.24. The molecule has 1 fully saturated rings. The number of aryl methyl sites for hydroxylation is 2. The molecule has 0 saturated heterocycles. The first-order valence-electron chi connectivity index (χ1n) is 16.1. The van der Waals surface area contributed by atoms with Crippen molar-refractivity contribution < 1.29 is 14.5 Å². The molecular formula is C38H41N2O2+. The van der Waals surface area contributed by atoms with E-state index < -0.39 is 0 Å². The highest BCUT2D eigenvalue weighted by atomic mass is 16.3. The minimum Gasteiger partial charge on any atom is -0.506 e. The number of ketones is 1. The Morgan fingerprint density at radius 1 is 0.738 bits per heavy atom. The number of carbonyl (C=O) groups excluding carboxylic acids is 1.